The summed E-state index contributed by atoms with van der Waals surface area (Å²) in [7, 11) is -3.51. The molecule has 1 aromatic rings. The van der Waals surface area contributed by atoms with Crippen LogP contribution in [0.5, 0.6) is 5.75 Å². The van der Waals surface area contributed by atoms with E-state index in [1.54, 1.807) is 24.3 Å². The van der Waals surface area contributed by atoms with Crippen LogP contribution in [0, 0.1) is 5.92 Å². The first-order valence-electron chi connectivity index (χ1n) is 7.33. The maximum atomic E-state index is 12.1. The van der Waals surface area contributed by atoms with Crippen molar-refractivity contribution in [3.05, 3.63) is 24.3 Å². The van der Waals surface area contributed by atoms with Crippen molar-refractivity contribution in [2.75, 3.05) is 13.2 Å². The van der Waals surface area contributed by atoms with Gasteiger partial charge in [0.2, 0.25) is 10.0 Å². The molecule has 0 fully saturated rings. The standard InChI is InChI=1S/C15H26N2O3S/c1-4-9-20-14-5-7-15(8-6-14)21(18,19)17-11-13(16)10-12(2)3/h5-8,12-13,17H,4,9-11,16H2,1-3H3. The molecule has 120 valence electrons. The van der Waals surface area contributed by atoms with E-state index in [1.165, 1.54) is 0 Å². The third-order valence-electron chi connectivity index (χ3n) is 2.92. The number of nitrogens with one attached hydrogen (secondary N) is 1. The van der Waals surface area contributed by atoms with Gasteiger partial charge in [-0.15, -0.1) is 0 Å². The molecular formula is C15H26N2O3S. The van der Waals surface area contributed by atoms with Gasteiger partial charge in [0.1, 0.15) is 5.75 Å². The SMILES string of the molecule is CCCOc1ccc(S(=O)(=O)NCC(N)CC(C)C)cc1. The lowest BCUT2D eigenvalue weighted by molar-refractivity contribution is 0.317. The number of ether oxygens (including phenoxy) is 1. The van der Waals surface area contributed by atoms with E-state index < -0.39 is 10.0 Å². The largest absolute Gasteiger partial charge is 0.494 e. The van der Waals surface area contributed by atoms with Gasteiger partial charge >= 0.3 is 0 Å². The van der Waals surface area contributed by atoms with Crippen LogP contribution in [0.15, 0.2) is 29.2 Å². The second-order valence-corrected chi connectivity index (χ2v) is 7.33. The molecule has 21 heavy (non-hydrogen) atoms. The molecule has 1 atom stereocenters. The molecule has 0 aliphatic heterocycles. The Hall–Kier alpha value is -1.11. The molecule has 0 aliphatic rings. The van der Waals surface area contributed by atoms with Gasteiger partial charge in [0.25, 0.3) is 0 Å². The molecule has 0 heterocycles. The van der Waals surface area contributed by atoms with E-state index in [-0.39, 0.29) is 17.5 Å². The summed E-state index contributed by atoms with van der Waals surface area (Å²) in [5, 5.41) is 0. The fourth-order valence-electron chi connectivity index (χ4n) is 1.92. The molecule has 0 saturated carbocycles. The lowest BCUT2D eigenvalue weighted by Gasteiger charge is -2.15. The second-order valence-electron chi connectivity index (χ2n) is 5.56. The minimum absolute atomic E-state index is 0.174. The van der Waals surface area contributed by atoms with E-state index in [4.69, 9.17) is 10.5 Å². The molecule has 6 heteroatoms. The molecule has 0 radical (unpaired) electrons. The zero-order valence-electron chi connectivity index (χ0n) is 13.0. The van der Waals surface area contributed by atoms with Crippen LogP contribution in [-0.4, -0.2) is 27.6 Å². The topological polar surface area (TPSA) is 81.4 Å². The highest BCUT2D eigenvalue weighted by Crippen LogP contribution is 2.16. The van der Waals surface area contributed by atoms with Gasteiger partial charge in [-0.2, -0.15) is 0 Å². The highest BCUT2D eigenvalue weighted by molar-refractivity contribution is 7.89. The maximum Gasteiger partial charge on any atom is 0.240 e. The minimum Gasteiger partial charge on any atom is -0.494 e. The van der Waals surface area contributed by atoms with Crippen molar-refractivity contribution in [3.63, 3.8) is 0 Å². The van der Waals surface area contributed by atoms with Crippen LogP contribution in [0.4, 0.5) is 0 Å². The minimum atomic E-state index is -3.51. The molecule has 1 rings (SSSR count). The van der Waals surface area contributed by atoms with Crippen LogP contribution in [0.3, 0.4) is 0 Å². The van der Waals surface area contributed by atoms with E-state index in [9.17, 15) is 8.42 Å². The molecular weight excluding hydrogens is 288 g/mol. The Balaban J connectivity index is 2.61. The number of hydrogen-bond donors (Lipinski definition) is 2. The van der Waals surface area contributed by atoms with E-state index >= 15 is 0 Å². The predicted molar refractivity (Wildman–Crippen MR) is 84.8 cm³/mol. The van der Waals surface area contributed by atoms with Crippen LogP contribution < -0.4 is 15.2 Å². The number of benzene rings is 1. The fraction of sp³-hybridized carbons (Fsp3) is 0.600. The quantitative estimate of drug-likeness (QED) is 0.731. The fourth-order valence-corrected chi connectivity index (χ4v) is 3.02. The molecule has 3 N–H and O–H groups in total. The van der Waals surface area contributed by atoms with Gasteiger partial charge in [0, 0.05) is 12.6 Å². The summed E-state index contributed by atoms with van der Waals surface area (Å²) in [5.74, 6) is 1.12. The van der Waals surface area contributed by atoms with Crippen LogP contribution in [-0.2, 0) is 10.0 Å². The summed E-state index contributed by atoms with van der Waals surface area (Å²) in [6.07, 6.45) is 1.70. The molecule has 0 aliphatic carbocycles. The summed E-state index contributed by atoms with van der Waals surface area (Å²) in [6, 6.07) is 6.24. The number of sulfonamides is 1. The first kappa shape index (κ1) is 17.9. The lowest BCUT2D eigenvalue weighted by Crippen LogP contribution is -2.37. The summed E-state index contributed by atoms with van der Waals surface area (Å²) in [4.78, 5) is 0.225. The number of hydrogen-bond acceptors (Lipinski definition) is 4. The van der Waals surface area contributed by atoms with Crippen molar-refractivity contribution >= 4 is 10.0 Å². The molecule has 0 bridgehead atoms. The van der Waals surface area contributed by atoms with Gasteiger partial charge in [-0.3, -0.25) is 0 Å². The average Bonchev–Trinajstić information content (AvgIpc) is 2.43. The molecule has 1 aromatic carbocycles. The first-order valence-corrected chi connectivity index (χ1v) is 8.81. The molecule has 5 nitrogen and oxygen atoms in total. The third-order valence-corrected chi connectivity index (χ3v) is 4.36. The van der Waals surface area contributed by atoms with Crippen LogP contribution in [0.2, 0.25) is 0 Å². The number of rotatable bonds is 9. The van der Waals surface area contributed by atoms with Crippen LogP contribution in [0.1, 0.15) is 33.6 Å². The van der Waals surface area contributed by atoms with E-state index in [0.29, 0.717) is 18.3 Å². The van der Waals surface area contributed by atoms with Crippen molar-refractivity contribution in [3.8, 4) is 5.75 Å². The van der Waals surface area contributed by atoms with E-state index in [0.717, 1.165) is 12.8 Å². The Morgan fingerprint density at radius 3 is 2.38 bits per heavy atom. The Bertz CT molecular complexity index is 512. The second kappa shape index (κ2) is 8.36. The van der Waals surface area contributed by atoms with Crippen molar-refractivity contribution in [1.82, 2.24) is 4.72 Å². The lowest BCUT2D eigenvalue weighted by atomic mass is 10.1. The molecule has 0 spiro atoms. The Morgan fingerprint density at radius 1 is 1.24 bits per heavy atom. The van der Waals surface area contributed by atoms with Crippen molar-refractivity contribution < 1.29 is 13.2 Å². The normalized spacial score (nSPS) is 13.4. The van der Waals surface area contributed by atoms with Gasteiger partial charge in [0.05, 0.1) is 11.5 Å². The Labute approximate surface area is 127 Å². The van der Waals surface area contributed by atoms with Gasteiger partial charge < -0.3 is 10.5 Å². The van der Waals surface area contributed by atoms with Gasteiger partial charge in [-0.25, -0.2) is 13.1 Å². The van der Waals surface area contributed by atoms with Crippen LogP contribution in [0.25, 0.3) is 0 Å². The third kappa shape index (κ3) is 6.46. The smallest absolute Gasteiger partial charge is 0.240 e. The molecule has 0 aromatic heterocycles. The summed E-state index contributed by atoms with van der Waals surface area (Å²) in [6.45, 7) is 7.00. The molecule has 0 amide bonds. The highest BCUT2D eigenvalue weighted by Gasteiger charge is 2.15. The monoisotopic (exact) mass is 314 g/mol. The van der Waals surface area contributed by atoms with Gasteiger partial charge in [-0.1, -0.05) is 20.8 Å². The van der Waals surface area contributed by atoms with Gasteiger partial charge in [0.15, 0.2) is 0 Å². The number of nitrogens with two attached hydrogens (primary N) is 1. The predicted octanol–water partition coefficient (Wildman–Crippen LogP) is 2.13. The first-order chi connectivity index (χ1) is 9.85. The summed E-state index contributed by atoms with van der Waals surface area (Å²) >= 11 is 0. The van der Waals surface area contributed by atoms with Crippen LogP contribution >= 0.6 is 0 Å². The average molecular weight is 314 g/mol. The van der Waals surface area contributed by atoms with Crippen molar-refractivity contribution in [2.24, 2.45) is 11.7 Å². The van der Waals surface area contributed by atoms with Gasteiger partial charge in [-0.05, 0) is 43.0 Å². The zero-order valence-corrected chi connectivity index (χ0v) is 13.8. The summed E-state index contributed by atoms with van der Waals surface area (Å²) in [5.41, 5.74) is 5.89. The Kier molecular flexibility index (Phi) is 7.14. The maximum absolute atomic E-state index is 12.1. The highest BCUT2D eigenvalue weighted by atomic mass is 32.2. The molecule has 1 unspecified atom stereocenters. The van der Waals surface area contributed by atoms with E-state index in [2.05, 4.69) is 18.6 Å². The zero-order chi connectivity index (χ0) is 15.9. The molecule has 0 saturated heterocycles. The van der Waals surface area contributed by atoms with Crippen molar-refractivity contribution in [2.45, 2.75) is 44.6 Å². The van der Waals surface area contributed by atoms with E-state index in [1.807, 2.05) is 6.92 Å². The summed E-state index contributed by atoms with van der Waals surface area (Å²) < 4.78 is 32.3. The Morgan fingerprint density at radius 2 is 1.86 bits per heavy atom. The van der Waals surface area contributed by atoms with Crippen molar-refractivity contribution in [1.29, 1.82) is 0 Å².